The van der Waals surface area contributed by atoms with Crippen LogP contribution in [0.3, 0.4) is 0 Å². The van der Waals surface area contributed by atoms with E-state index in [1.165, 1.54) is 20.8 Å². The number of Topliss-reactive ketones (excluding diaryl/α,β-unsaturated/α-hetero) is 2. The van der Waals surface area contributed by atoms with Crippen molar-refractivity contribution in [2.75, 3.05) is 7.11 Å². The molecule has 0 aliphatic carbocycles. The standard InChI is InChI=1S/C15H19NO4/c1-9(17)14(10(2)18)15(16-11(3)19)12-5-7-13(20-4)8-6-12/h5-8,14-15H,1-4H3,(H,16,19). The van der Waals surface area contributed by atoms with E-state index >= 15 is 0 Å². The van der Waals surface area contributed by atoms with Crippen molar-refractivity contribution in [1.29, 1.82) is 0 Å². The maximum atomic E-state index is 11.7. The minimum atomic E-state index is -0.882. The van der Waals surface area contributed by atoms with Crippen LogP contribution in [0.5, 0.6) is 5.75 Å². The van der Waals surface area contributed by atoms with Crippen LogP contribution in [-0.2, 0) is 14.4 Å². The van der Waals surface area contributed by atoms with Crippen LogP contribution in [0.25, 0.3) is 0 Å². The van der Waals surface area contributed by atoms with Crippen LogP contribution in [0.2, 0.25) is 0 Å². The van der Waals surface area contributed by atoms with Gasteiger partial charge in [-0.25, -0.2) is 0 Å². The number of ketones is 2. The third kappa shape index (κ3) is 3.91. The highest BCUT2D eigenvalue weighted by Crippen LogP contribution is 2.26. The van der Waals surface area contributed by atoms with E-state index in [0.717, 1.165) is 0 Å². The van der Waals surface area contributed by atoms with Crippen molar-refractivity contribution >= 4 is 17.5 Å². The molecule has 1 amide bonds. The molecule has 0 heterocycles. The van der Waals surface area contributed by atoms with E-state index in [1.807, 2.05) is 0 Å². The summed E-state index contributed by atoms with van der Waals surface area (Å²) in [4.78, 5) is 34.8. The fraction of sp³-hybridized carbons (Fsp3) is 0.400. The maximum absolute atomic E-state index is 11.7. The zero-order valence-electron chi connectivity index (χ0n) is 12.1. The SMILES string of the molecule is COc1ccc(C(NC(C)=O)C(C(C)=O)C(C)=O)cc1. The van der Waals surface area contributed by atoms with Gasteiger partial charge in [0, 0.05) is 6.92 Å². The maximum Gasteiger partial charge on any atom is 0.217 e. The number of benzene rings is 1. The lowest BCUT2D eigenvalue weighted by Gasteiger charge is -2.24. The summed E-state index contributed by atoms with van der Waals surface area (Å²) >= 11 is 0. The second kappa shape index (κ2) is 6.84. The molecule has 0 radical (unpaired) electrons. The van der Waals surface area contributed by atoms with Crippen LogP contribution in [0.1, 0.15) is 32.4 Å². The predicted molar refractivity (Wildman–Crippen MR) is 74.4 cm³/mol. The minimum Gasteiger partial charge on any atom is -0.497 e. The molecule has 0 aromatic heterocycles. The summed E-state index contributed by atoms with van der Waals surface area (Å²) in [6.45, 7) is 4.06. The smallest absolute Gasteiger partial charge is 0.217 e. The van der Waals surface area contributed by atoms with Gasteiger partial charge in [0.15, 0.2) is 0 Å². The number of hydrogen-bond acceptors (Lipinski definition) is 4. The van der Waals surface area contributed by atoms with E-state index in [-0.39, 0.29) is 17.5 Å². The van der Waals surface area contributed by atoms with E-state index in [2.05, 4.69) is 5.32 Å². The Labute approximate surface area is 118 Å². The Bertz CT molecular complexity index is 493. The van der Waals surface area contributed by atoms with Crippen LogP contribution < -0.4 is 10.1 Å². The number of carbonyl (C=O) groups is 3. The van der Waals surface area contributed by atoms with Crippen molar-refractivity contribution in [1.82, 2.24) is 5.32 Å². The summed E-state index contributed by atoms with van der Waals surface area (Å²) in [5.41, 5.74) is 0.691. The van der Waals surface area contributed by atoms with Crippen molar-refractivity contribution in [3.8, 4) is 5.75 Å². The lowest BCUT2D eigenvalue weighted by molar-refractivity contribution is -0.132. The molecule has 1 atom stereocenters. The molecule has 1 N–H and O–H groups in total. The highest BCUT2D eigenvalue weighted by molar-refractivity contribution is 6.01. The third-order valence-corrected chi connectivity index (χ3v) is 3.04. The molecule has 1 rings (SSSR count). The number of ether oxygens (including phenoxy) is 1. The quantitative estimate of drug-likeness (QED) is 0.803. The van der Waals surface area contributed by atoms with Gasteiger partial charge in [0.05, 0.1) is 13.2 Å². The van der Waals surface area contributed by atoms with Gasteiger partial charge in [0.25, 0.3) is 0 Å². The molecule has 1 unspecified atom stereocenters. The molecule has 0 aliphatic heterocycles. The average Bonchev–Trinajstić information content (AvgIpc) is 2.36. The van der Waals surface area contributed by atoms with E-state index in [4.69, 9.17) is 4.74 Å². The van der Waals surface area contributed by atoms with Crippen LogP contribution in [0, 0.1) is 5.92 Å². The van der Waals surface area contributed by atoms with Gasteiger partial charge in [0.2, 0.25) is 5.91 Å². The fourth-order valence-electron chi connectivity index (χ4n) is 2.15. The molecule has 5 nitrogen and oxygen atoms in total. The van der Waals surface area contributed by atoms with Crippen LogP contribution in [0.15, 0.2) is 24.3 Å². The lowest BCUT2D eigenvalue weighted by Crippen LogP contribution is -2.38. The molecule has 5 heteroatoms. The monoisotopic (exact) mass is 277 g/mol. The number of nitrogens with one attached hydrogen (secondary N) is 1. The molecule has 0 bridgehead atoms. The van der Waals surface area contributed by atoms with Crippen LogP contribution in [0.4, 0.5) is 0 Å². The Morgan fingerprint density at radius 3 is 1.85 bits per heavy atom. The normalized spacial score (nSPS) is 11.8. The van der Waals surface area contributed by atoms with Gasteiger partial charge in [-0.1, -0.05) is 12.1 Å². The van der Waals surface area contributed by atoms with Crippen molar-refractivity contribution in [3.63, 3.8) is 0 Å². The van der Waals surface area contributed by atoms with E-state index in [9.17, 15) is 14.4 Å². The molecular weight excluding hydrogens is 258 g/mol. The van der Waals surface area contributed by atoms with Gasteiger partial charge >= 0.3 is 0 Å². The van der Waals surface area contributed by atoms with Gasteiger partial charge in [-0.2, -0.15) is 0 Å². The van der Waals surface area contributed by atoms with E-state index in [0.29, 0.717) is 11.3 Å². The van der Waals surface area contributed by atoms with Gasteiger partial charge in [-0.05, 0) is 31.5 Å². The Hall–Kier alpha value is -2.17. The molecule has 0 saturated heterocycles. The largest absolute Gasteiger partial charge is 0.497 e. The molecule has 0 saturated carbocycles. The summed E-state index contributed by atoms with van der Waals surface area (Å²) in [5.74, 6) is -1.05. The van der Waals surface area contributed by atoms with Crippen molar-refractivity contribution in [2.24, 2.45) is 5.92 Å². The Morgan fingerprint density at radius 2 is 1.50 bits per heavy atom. The van der Waals surface area contributed by atoms with Crippen molar-refractivity contribution in [2.45, 2.75) is 26.8 Å². The minimum absolute atomic E-state index is 0.271. The molecule has 1 aromatic rings. The van der Waals surface area contributed by atoms with Gasteiger partial charge in [-0.3, -0.25) is 14.4 Å². The first kappa shape index (κ1) is 15.9. The van der Waals surface area contributed by atoms with E-state index < -0.39 is 12.0 Å². The van der Waals surface area contributed by atoms with Crippen LogP contribution in [-0.4, -0.2) is 24.6 Å². The summed E-state index contributed by atoms with van der Waals surface area (Å²) in [6, 6.07) is 6.26. The predicted octanol–water partition coefficient (Wildman–Crippen LogP) is 1.67. The third-order valence-electron chi connectivity index (χ3n) is 3.04. The zero-order chi connectivity index (χ0) is 15.3. The first-order valence-electron chi connectivity index (χ1n) is 6.28. The number of amides is 1. The van der Waals surface area contributed by atoms with Crippen molar-refractivity contribution < 1.29 is 19.1 Å². The average molecular weight is 277 g/mol. The second-order valence-corrected chi connectivity index (χ2v) is 4.65. The summed E-state index contributed by atoms with van der Waals surface area (Å²) in [5, 5.41) is 2.67. The first-order chi connectivity index (χ1) is 9.36. The summed E-state index contributed by atoms with van der Waals surface area (Å²) in [6.07, 6.45) is 0. The van der Waals surface area contributed by atoms with Gasteiger partial charge in [-0.15, -0.1) is 0 Å². The Balaban J connectivity index is 3.18. The molecule has 0 aliphatic rings. The molecule has 108 valence electrons. The highest BCUT2D eigenvalue weighted by atomic mass is 16.5. The molecule has 20 heavy (non-hydrogen) atoms. The molecule has 1 aromatic carbocycles. The van der Waals surface area contributed by atoms with Gasteiger partial charge in [0.1, 0.15) is 23.2 Å². The topological polar surface area (TPSA) is 72.5 Å². The first-order valence-corrected chi connectivity index (χ1v) is 6.28. The highest BCUT2D eigenvalue weighted by Gasteiger charge is 2.31. The summed E-state index contributed by atoms with van der Waals surface area (Å²) < 4.78 is 5.06. The van der Waals surface area contributed by atoms with E-state index in [1.54, 1.807) is 31.4 Å². The number of rotatable bonds is 6. The lowest BCUT2D eigenvalue weighted by atomic mass is 9.87. The Kier molecular flexibility index (Phi) is 5.43. The van der Waals surface area contributed by atoms with Crippen molar-refractivity contribution in [3.05, 3.63) is 29.8 Å². The molecule has 0 fully saturated rings. The molecule has 0 spiro atoms. The molecular formula is C15H19NO4. The zero-order valence-corrected chi connectivity index (χ0v) is 12.1. The number of hydrogen-bond donors (Lipinski definition) is 1. The Morgan fingerprint density at radius 1 is 1.00 bits per heavy atom. The second-order valence-electron chi connectivity index (χ2n) is 4.65. The number of methoxy groups -OCH3 is 1. The van der Waals surface area contributed by atoms with Gasteiger partial charge < -0.3 is 10.1 Å². The fourth-order valence-corrected chi connectivity index (χ4v) is 2.15. The number of carbonyl (C=O) groups excluding carboxylic acids is 3. The summed E-state index contributed by atoms with van der Waals surface area (Å²) in [7, 11) is 1.55. The van der Waals surface area contributed by atoms with Crippen LogP contribution >= 0.6 is 0 Å².